The molecule has 0 aromatic carbocycles. The SMILES string of the molecule is CCC1SCCSC1C(N)Cc1ccc(Br)cn1. The zero-order chi connectivity index (χ0) is 13.0. The van der Waals surface area contributed by atoms with E-state index in [0.717, 1.165) is 16.6 Å². The van der Waals surface area contributed by atoms with Crippen molar-refractivity contribution in [3.8, 4) is 0 Å². The predicted molar refractivity (Wildman–Crippen MR) is 86.4 cm³/mol. The van der Waals surface area contributed by atoms with Crippen molar-refractivity contribution in [1.29, 1.82) is 0 Å². The Kier molecular flexibility index (Phi) is 5.86. The molecule has 0 spiro atoms. The highest BCUT2D eigenvalue weighted by Crippen LogP contribution is 2.35. The summed E-state index contributed by atoms with van der Waals surface area (Å²) in [6.45, 7) is 2.27. The van der Waals surface area contributed by atoms with Crippen molar-refractivity contribution in [1.82, 2.24) is 4.98 Å². The lowest BCUT2D eigenvalue weighted by molar-refractivity contribution is 0.591. The van der Waals surface area contributed by atoms with Gasteiger partial charge in [-0.05, 0) is 34.5 Å². The summed E-state index contributed by atoms with van der Waals surface area (Å²) in [7, 11) is 0. The number of nitrogens with zero attached hydrogens (tertiary/aromatic N) is 1. The minimum atomic E-state index is 0.210. The summed E-state index contributed by atoms with van der Waals surface area (Å²) >= 11 is 7.54. The van der Waals surface area contributed by atoms with E-state index in [-0.39, 0.29) is 6.04 Å². The normalized spacial score (nSPS) is 25.9. The molecule has 5 heteroatoms. The number of thioether (sulfide) groups is 2. The van der Waals surface area contributed by atoms with Crippen molar-refractivity contribution in [2.24, 2.45) is 5.73 Å². The van der Waals surface area contributed by atoms with Crippen LogP contribution in [0.5, 0.6) is 0 Å². The first-order valence-electron chi connectivity index (χ1n) is 6.30. The van der Waals surface area contributed by atoms with Gasteiger partial charge in [0.25, 0.3) is 0 Å². The van der Waals surface area contributed by atoms with E-state index in [1.54, 1.807) is 0 Å². The quantitative estimate of drug-likeness (QED) is 0.907. The van der Waals surface area contributed by atoms with E-state index >= 15 is 0 Å². The van der Waals surface area contributed by atoms with Crippen LogP contribution in [0.15, 0.2) is 22.8 Å². The fraction of sp³-hybridized carbons (Fsp3) is 0.615. The Hall–Kier alpha value is 0.290. The first kappa shape index (κ1) is 14.7. The minimum Gasteiger partial charge on any atom is -0.326 e. The Morgan fingerprint density at radius 1 is 1.44 bits per heavy atom. The van der Waals surface area contributed by atoms with E-state index in [2.05, 4.69) is 45.7 Å². The van der Waals surface area contributed by atoms with Crippen LogP contribution < -0.4 is 5.73 Å². The van der Waals surface area contributed by atoms with Gasteiger partial charge in [-0.25, -0.2) is 0 Å². The van der Waals surface area contributed by atoms with E-state index in [0.29, 0.717) is 10.5 Å². The van der Waals surface area contributed by atoms with E-state index in [1.807, 2.05) is 24.0 Å². The maximum absolute atomic E-state index is 6.40. The van der Waals surface area contributed by atoms with Crippen LogP contribution >= 0.6 is 39.5 Å². The summed E-state index contributed by atoms with van der Waals surface area (Å²) in [5.74, 6) is 2.50. The Morgan fingerprint density at radius 3 is 2.89 bits per heavy atom. The Morgan fingerprint density at radius 2 is 2.22 bits per heavy atom. The third-order valence-corrected chi connectivity index (χ3v) is 7.05. The average molecular weight is 347 g/mol. The molecule has 2 nitrogen and oxygen atoms in total. The van der Waals surface area contributed by atoms with Gasteiger partial charge in [0.1, 0.15) is 0 Å². The van der Waals surface area contributed by atoms with Crippen molar-refractivity contribution in [2.75, 3.05) is 11.5 Å². The molecular weight excluding hydrogens is 328 g/mol. The summed E-state index contributed by atoms with van der Waals surface area (Å²) in [5, 5.41) is 1.27. The number of nitrogens with two attached hydrogens (primary N) is 1. The lowest BCUT2D eigenvalue weighted by Crippen LogP contribution is -2.43. The molecule has 100 valence electrons. The van der Waals surface area contributed by atoms with Gasteiger partial charge in [-0.1, -0.05) is 6.92 Å². The molecule has 3 atom stereocenters. The van der Waals surface area contributed by atoms with E-state index < -0.39 is 0 Å². The topological polar surface area (TPSA) is 38.9 Å². The van der Waals surface area contributed by atoms with Crippen LogP contribution in [0.3, 0.4) is 0 Å². The second-order valence-electron chi connectivity index (χ2n) is 4.49. The van der Waals surface area contributed by atoms with Gasteiger partial charge in [0.15, 0.2) is 0 Å². The summed E-state index contributed by atoms with van der Waals surface area (Å²) in [6.07, 6.45) is 3.94. The second-order valence-corrected chi connectivity index (χ2v) is 8.04. The fourth-order valence-corrected chi connectivity index (χ4v) is 5.65. The van der Waals surface area contributed by atoms with Gasteiger partial charge in [-0.15, -0.1) is 0 Å². The average Bonchev–Trinajstić information content (AvgIpc) is 2.41. The highest BCUT2D eigenvalue weighted by molar-refractivity contribution is 9.10. The van der Waals surface area contributed by atoms with E-state index in [9.17, 15) is 0 Å². The van der Waals surface area contributed by atoms with Gasteiger partial charge in [0, 0.05) is 50.8 Å². The molecule has 0 bridgehead atoms. The van der Waals surface area contributed by atoms with E-state index in [4.69, 9.17) is 5.73 Å². The van der Waals surface area contributed by atoms with Gasteiger partial charge < -0.3 is 5.73 Å². The summed E-state index contributed by atoms with van der Waals surface area (Å²) < 4.78 is 1.02. The molecule has 18 heavy (non-hydrogen) atoms. The van der Waals surface area contributed by atoms with Crippen LogP contribution in [0.1, 0.15) is 19.0 Å². The molecule has 1 aromatic rings. The van der Waals surface area contributed by atoms with Crippen molar-refractivity contribution in [3.05, 3.63) is 28.5 Å². The maximum Gasteiger partial charge on any atom is 0.0420 e. The number of hydrogen-bond acceptors (Lipinski definition) is 4. The van der Waals surface area contributed by atoms with Crippen molar-refractivity contribution < 1.29 is 0 Å². The van der Waals surface area contributed by atoms with Crippen LogP contribution in [0.25, 0.3) is 0 Å². The number of hydrogen-bond donors (Lipinski definition) is 1. The maximum atomic E-state index is 6.40. The fourth-order valence-electron chi connectivity index (χ4n) is 2.22. The molecule has 1 saturated heterocycles. The Labute approximate surface area is 126 Å². The lowest BCUT2D eigenvalue weighted by atomic mass is 10.0. The lowest BCUT2D eigenvalue weighted by Gasteiger charge is -2.34. The molecule has 2 N–H and O–H groups in total. The van der Waals surface area contributed by atoms with Crippen LogP contribution in [0.2, 0.25) is 0 Å². The standard InChI is InChI=1S/C13H19BrN2S2/c1-2-12-13(18-6-5-17-12)11(15)7-10-4-3-9(14)8-16-10/h3-4,8,11-13H,2,5-7,15H2,1H3. The van der Waals surface area contributed by atoms with Gasteiger partial charge in [0.2, 0.25) is 0 Å². The molecule has 3 unspecified atom stereocenters. The zero-order valence-corrected chi connectivity index (χ0v) is 13.7. The number of rotatable bonds is 4. The molecule has 2 heterocycles. The molecule has 0 radical (unpaired) electrons. The molecule has 1 fully saturated rings. The number of aromatic nitrogens is 1. The monoisotopic (exact) mass is 346 g/mol. The smallest absolute Gasteiger partial charge is 0.0420 e. The first-order valence-corrected chi connectivity index (χ1v) is 9.19. The third kappa shape index (κ3) is 3.89. The van der Waals surface area contributed by atoms with Crippen molar-refractivity contribution >= 4 is 39.5 Å². The van der Waals surface area contributed by atoms with Crippen LogP contribution in [0.4, 0.5) is 0 Å². The summed E-state index contributed by atoms with van der Waals surface area (Å²) in [5.41, 5.74) is 7.49. The molecular formula is C13H19BrN2S2. The molecule has 0 aliphatic carbocycles. The first-order chi connectivity index (χ1) is 8.70. The zero-order valence-electron chi connectivity index (χ0n) is 10.5. The third-order valence-electron chi connectivity index (χ3n) is 3.15. The van der Waals surface area contributed by atoms with Crippen LogP contribution in [0, 0.1) is 0 Å². The second kappa shape index (κ2) is 7.17. The van der Waals surface area contributed by atoms with Crippen LogP contribution in [-0.2, 0) is 6.42 Å². The number of halogens is 1. The molecule has 1 aliphatic rings. The molecule has 2 rings (SSSR count). The summed E-state index contributed by atoms with van der Waals surface area (Å²) in [4.78, 5) is 4.42. The van der Waals surface area contributed by atoms with Crippen molar-refractivity contribution in [3.63, 3.8) is 0 Å². The van der Waals surface area contributed by atoms with Crippen molar-refractivity contribution in [2.45, 2.75) is 36.3 Å². The van der Waals surface area contributed by atoms with Gasteiger partial charge in [-0.2, -0.15) is 23.5 Å². The highest BCUT2D eigenvalue weighted by atomic mass is 79.9. The molecule has 0 amide bonds. The predicted octanol–water partition coefficient (Wildman–Crippen LogP) is 3.34. The molecule has 1 aromatic heterocycles. The highest BCUT2D eigenvalue weighted by Gasteiger charge is 2.30. The van der Waals surface area contributed by atoms with Gasteiger partial charge in [-0.3, -0.25) is 4.98 Å². The van der Waals surface area contributed by atoms with E-state index in [1.165, 1.54) is 17.9 Å². The number of pyridine rings is 1. The Bertz CT molecular complexity index is 372. The van der Waals surface area contributed by atoms with Gasteiger partial charge >= 0.3 is 0 Å². The molecule has 1 aliphatic heterocycles. The van der Waals surface area contributed by atoms with Crippen LogP contribution in [-0.4, -0.2) is 33.0 Å². The largest absolute Gasteiger partial charge is 0.326 e. The Balaban J connectivity index is 1.97. The minimum absolute atomic E-state index is 0.210. The molecule has 0 saturated carbocycles. The summed E-state index contributed by atoms with van der Waals surface area (Å²) in [6, 6.07) is 4.31. The van der Waals surface area contributed by atoms with Gasteiger partial charge in [0.05, 0.1) is 0 Å².